The molecule has 2 aliphatic heterocycles. The van der Waals surface area contributed by atoms with Gasteiger partial charge in [0.1, 0.15) is 11.8 Å². The van der Waals surface area contributed by atoms with E-state index in [9.17, 15) is 4.79 Å². The molecule has 0 saturated carbocycles. The lowest BCUT2D eigenvalue weighted by atomic mass is 9.91. The van der Waals surface area contributed by atoms with Crippen LogP contribution in [-0.4, -0.2) is 50.1 Å². The minimum Gasteiger partial charge on any atom is -0.365 e. The van der Waals surface area contributed by atoms with Gasteiger partial charge in [-0.25, -0.2) is 4.98 Å². The van der Waals surface area contributed by atoms with Gasteiger partial charge in [0, 0.05) is 32.4 Å². The lowest BCUT2D eigenvalue weighted by molar-refractivity contribution is -0.00763. The zero-order chi connectivity index (χ0) is 15.8. The highest BCUT2D eigenvalue weighted by Gasteiger charge is 2.42. The summed E-state index contributed by atoms with van der Waals surface area (Å²) in [5, 5.41) is 3.95. The maximum absolute atomic E-state index is 12.5. The molecule has 0 bridgehead atoms. The molecule has 2 aliphatic rings. The number of aryl methyl sites for hydroxylation is 1. The number of piperidine rings is 1. The fourth-order valence-electron chi connectivity index (χ4n) is 3.30. The lowest BCUT2D eigenvalue weighted by Gasteiger charge is -2.33. The summed E-state index contributed by atoms with van der Waals surface area (Å²) >= 11 is 0. The number of hydrogen-bond acceptors (Lipinski definition) is 7. The van der Waals surface area contributed by atoms with Crippen LogP contribution in [0.4, 0.5) is 0 Å². The molecule has 2 aromatic heterocycles. The van der Waals surface area contributed by atoms with E-state index < -0.39 is 0 Å². The van der Waals surface area contributed by atoms with Gasteiger partial charge < -0.3 is 14.2 Å². The van der Waals surface area contributed by atoms with Crippen molar-refractivity contribution in [1.82, 2.24) is 25.0 Å². The SMILES string of the molecule is Cc1nc([C@H]2C[C@@H]3CCN(C(=O)c4cnccn4)C[C@H]3O2)no1. The molecule has 4 rings (SSSR count). The van der Waals surface area contributed by atoms with Crippen molar-refractivity contribution in [2.75, 3.05) is 13.1 Å². The molecule has 0 unspecified atom stereocenters. The fourth-order valence-corrected chi connectivity index (χ4v) is 3.30. The van der Waals surface area contributed by atoms with E-state index in [0.717, 1.165) is 12.8 Å². The summed E-state index contributed by atoms with van der Waals surface area (Å²) in [6.07, 6.45) is 6.22. The fraction of sp³-hybridized carbons (Fsp3) is 0.533. The van der Waals surface area contributed by atoms with E-state index in [1.165, 1.54) is 12.4 Å². The Labute approximate surface area is 132 Å². The quantitative estimate of drug-likeness (QED) is 0.820. The molecule has 1 amide bonds. The maximum Gasteiger partial charge on any atom is 0.274 e. The van der Waals surface area contributed by atoms with Crippen molar-refractivity contribution in [1.29, 1.82) is 0 Å². The Bertz CT molecular complexity index is 704. The van der Waals surface area contributed by atoms with Crippen LogP contribution in [0.3, 0.4) is 0 Å². The van der Waals surface area contributed by atoms with E-state index in [4.69, 9.17) is 9.26 Å². The molecular weight excluding hydrogens is 298 g/mol. The first-order valence-corrected chi connectivity index (χ1v) is 7.71. The van der Waals surface area contributed by atoms with Crippen LogP contribution in [0, 0.1) is 12.8 Å². The molecular formula is C15H17N5O3. The number of likely N-dealkylation sites (tertiary alicyclic amines) is 1. The normalized spacial score (nSPS) is 27.0. The third-order valence-corrected chi connectivity index (χ3v) is 4.45. The van der Waals surface area contributed by atoms with E-state index in [1.807, 2.05) is 0 Å². The van der Waals surface area contributed by atoms with Crippen molar-refractivity contribution in [3.05, 3.63) is 36.0 Å². The van der Waals surface area contributed by atoms with Crippen LogP contribution in [-0.2, 0) is 4.74 Å². The first-order valence-electron chi connectivity index (χ1n) is 7.71. The van der Waals surface area contributed by atoms with Gasteiger partial charge in [0.25, 0.3) is 5.91 Å². The maximum atomic E-state index is 12.5. The molecule has 120 valence electrons. The molecule has 8 heteroatoms. The van der Waals surface area contributed by atoms with Gasteiger partial charge in [-0.2, -0.15) is 4.98 Å². The Morgan fingerprint density at radius 3 is 3.04 bits per heavy atom. The minimum atomic E-state index is -0.144. The second-order valence-electron chi connectivity index (χ2n) is 5.96. The molecule has 2 fully saturated rings. The van der Waals surface area contributed by atoms with Crippen molar-refractivity contribution in [2.45, 2.75) is 32.0 Å². The second-order valence-corrected chi connectivity index (χ2v) is 5.96. The van der Waals surface area contributed by atoms with Gasteiger partial charge in [0.2, 0.25) is 11.7 Å². The average molecular weight is 315 g/mol. The number of amides is 1. The summed E-state index contributed by atoms with van der Waals surface area (Å²) in [6.45, 7) is 3.03. The topological polar surface area (TPSA) is 94.2 Å². The van der Waals surface area contributed by atoms with Crippen molar-refractivity contribution < 1.29 is 14.1 Å². The van der Waals surface area contributed by atoms with Crippen molar-refractivity contribution in [2.24, 2.45) is 5.92 Å². The first kappa shape index (κ1) is 14.3. The predicted molar refractivity (Wildman–Crippen MR) is 77.3 cm³/mol. The minimum absolute atomic E-state index is 0.00757. The molecule has 3 atom stereocenters. The zero-order valence-electron chi connectivity index (χ0n) is 12.8. The van der Waals surface area contributed by atoms with E-state index in [0.29, 0.717) is 36.4 Å². The summed E-state index contributed by atoms with van der Waals surface area (Å²) < 4.78 is 11.1. The van der Waals surface area contributed by atoms with Crippen LogP contribution < -0.4 is 0 Å². The Hall–Kier alpha value is -2.35. The summed E-state index contributed by atoms with van der Waals surface area (Å²) in [4.78, 5) is 26.5. The van der Waals surface area contributed by atoms with E-state index in [2.05, 4.69) is 20.1 Å². The molecule has 0 N–H and O–H groups in total. The van der Waals surface area contributed by atoms with Crippen molar-refractivity contribution in [3.63, 3.8) is 0 Å². The molecule has 0 aliphatic carbocycles. The molecule has 4 heterocycles. The standard InChI is InChI=1S/C15H17N5O3/c1-9-18-14(19-23-9)12-6-10-2-5-20(8-13(10)22-12)15(21)11-7-16-3-4-17-11/h3-4,7,10,12-13H,2,5-6,8H2,1H3/t10-,12+,13+/m0/s1. The van der Waals surface area contributed by atoms with Crippen LogP contribution in [0.1, 0.15) is 41.1 Å². The number of carbonyl (C=O) groups is 1. The molecule has 0 aromatic carbocycles. The Morgan fingerprint density at radius 2 is 2.30 bits per heavy atom. The number of fused-ring (bicyclic) bond motifs is 1. The van der Waals surface area contributed by atoms with Crippen molar-refractivity contribution in [3.8, 4) is 0 Å². The summed E-state index contributed by atoms with van der Waals surface area (Å²) in [6, 6.07) is 0. The van der Waals surface area contributed by atoms with Gasteiger partial charge in [0.15, 0.2) is 0 Å². The van der Waals surface area contributed by atoms with E-state index in [1.54, 1.807) is 18.0 Å². The summed E-state index contributed by atoms with van der Waals surface area (Å²) in [5.74, 6) is 1.46. The van der Waals surface area contributed by atoms with Crippen LogP contribution in [0.15, 0.2) is 23.1 Å². The molecule has 2 saturated heterocycles. The molecule has 23 heavy (non-hydrogen) atoms. The van der Waals surface area contributed by atoms with Crippen LogP contribution >= 0.6 is 0 Å². The highest BCUT2D eigenvalue weighted by Crippen LogP contribution is 2.40. The van der Waals surface area contributed by atoms with Crippen LogP contribution in [0.5, 0.6) is 0 Å². The Morgan fingerprint density at radius 1 is 1.39 bits per heavy atom. The number of rotatable bonds is 2. The van der Waals surface area contributed by atoms with Gasteiger partial charge in [-0.3, -0.25) is 9.78 Å². The highest BCUT2D eigenvalue weighted by molar-refractivity contribution is 5.92. The van der Waals surface area contributed by atoms with Gasteiger partial charge in [-0.15, -0.1) is 0 Å². The number of aromatic nitrogens is 4. The van der Waals surface area contributed by atoms with Gasteiger partial charge >= 0.3 is 0 Å². The average Bonchev–Trinajstić information content (AvgIpc) is 3.20. The van der Waals surface area contributed by atoms with Gasteiger partial charge in [-0.05, 0) is 18.8 Å². The monoisotopic (exact) mass is 315 g/mol. The van der Waals surface area contributed by atoms with Crippen LogP contribution in [0.2, 0.25) is 0 Å². The summed E-state index contributed by atoms with van der Waals surface area (Å²) in [7, 11) is 0. The van der Waals surface area contributed by atoms with E-state index in [-0.39, 0.29) is 18.1 Å². The molecule has 8 nitrogen and oxygen atoms in total. The van der Waals surface area contributed by atoms with Crippen molar-refractivity contribution >= 4 is 5.91 Å². The lowest BCUT2D eigenvalue weighted by Crippen LogP contribution is -2.45. The smallest absolute Gasteiger partial charge is 0.274 e. The number of ether oxygens (including phenoxy) is 1. The number of hydrogen-bond donors (Lipinski definition) is 0. The Kier molecular flexibility index (Phi) is 3.53. The predicted octanol–water partition coefficient (Wildman–Crippen LogP) is 1.16. The van der Waals surface area contributed by atoms with Gasteiger partial charge in [0.05, 0.1) is 12.3 Å². The highest BCUT2D eigenvalue weighted by atomic mass is 16.5. The molecule has 0 radical (unpaired) electrons. The second kappa shape index (κ2) is 5.69. The third kappa shape index (κ3) is 2.70. The largest absolute Gasteiger partial charge is 0.365 e. The number of carbonyl (C=O) groups excluding carboxylic acids is 1. The first-order chi connectivity index (χ1) is 11.2. The summed E-state index contributed by atoms with van der Waals surface area (Å²) in [5.41, 5.74) is 0.370. The Balaban J connectivity index is 1.44. The molecule has 2 aromatic rings. The number of nitrogens with zero attached hydrogens (tertiary/aromatic N) is 5. The van der Waals surface area contributed by atoms with E-state index >= 15 is 0 Å². The van der Waals surface area contributed by atoms with Crippen LogP contribution in [0.25, 0.3) is 0 Å². The van der Waals surface area contributed by atoms with Gasteiger partial charge in [-0.1, -0.05) is 5.16 Å². The molecule has 0 spiro atoms. The zero-order valence-corrected chi connectivity index (χ0v) is 12.8. The third-order valence-electron chi connectivity index (χ3n) is 4.45.